The van der Waals surface area contributed by atoms with Crippen molar-refractivity contribution in [1.29, 1.82) is 0 Å². The molecule has 2 rings (SSSR count). The predicted octanol–water partition coefficient (Wildman–Crippen LogP) is 4.27. The standard InChI is InChI=1S/C19H27N3O2/c1-12(2)10-16-19(20-17(23)11-13(3)4)18(22-21-16)14-6-8-15(24-5)9-7-14/h6-9,12-13H,10-11H2,1-5H3,(H,20,23)(H,21,22). The maximum Gasteiger partial charge on any atom is 0.224 e. The lowest BCUT2D eigenvalue weighted by Crippen LogP contribution is -2.15. The molecule has 0 atom stereocenters. The van der Waals surface area contributed by atoms with E-state index in [2.05, 4.69) is 29.4 Å². The Kier molecular flexibility index (Phi) is 6.01. The molecular formula is C19H27N3O2. The summed E-state index contributed by atoms with van der Waals surface area (Å²) < 4.78 is 5.20. The molecule has 130 valence electrons. The number of H-pyrrole nitrogens is 1. The van der Waals surface area contributed by atoms with E-state index < -0.39 is 0 Å². The second-order valence-corrected chi connectivity index (χ2v) is 6.90. The van der Waals surface area contributed by atoms with Crippen molar-refractivity contribution in [3.05, 3.63) is 30.0 Å². The van der Waals surface area contributed by atoms with Crippen LogP contribution in [0.15, 0.2) is 24.3 Å². The fraction of sp³-hybridized carbons (Fsp3) is 0.474. The van der Waals surface area contributed by atoms with Gasteiger partial charge in [-0.1, -0.05) is 27.7 Å². The second-order valence-electron chi connectivity index (χ2n) is 6.90. The number of rotatable bonds is 7. The highest BCUT2D eigenvalue weighted by molar-refractivity contribution is 5.95. The predicted molar refractivity (Wildman–Crippen MR) is 97.2 cm³/mol. The van der Waals surface area contributed by atoms with Gasteiger partial charge in [0.05, 0.1) is 18.5 Å². The molecule has 0 spiro atoms. The minimum absolute atomic E-state index is 0.0196. The third kappa shape index (κ3) is 4.60. The average Bonchev–Trinajstić information content (AvgIpc) is 2.88. The fourth-order valence-corrected chi connectivity index (χ4v) is 2.59. The summed E-state index contributed by atoms with van der Waals surface area (Å²) in [5.74, 6) is 1.60. The maximum absolute atomic E-state index is 12.3. The van der Waals surface area contributed by atoms with E-state index in [-0.39, 0.29) is 5.91 Å². The molecule has 0 aliphatic carbocycles. The van der Waals surface area contributed by atoms with E-state index in [0.29, 0.717) is 18.3 Å². The minimum Gasteiger partial charge on any atom is -0.497 e. The van der Waals surface area contributed by atoms with Gasteiger partial charge in [0, 0.05) is 12.0 Å². The summed E-state index contributed by atoms with van der Waals surface area (Å²) in [4.78, 5) is 12.3. The highest BCUT2D eigenvalue weighted by Crippen LogP contribution is 2.31. The SMILES string of the molecule is COc1ccc(-c2n[nH]c(CC(C)C)c2NC(=O)CC(C)C)cc1. The van der Waals surface area contributed by atoms with Crippen LogP contribution < -0.4 is 10.1 Å². The van der Waals surface area contributed by atoms with E-state index in [4.69, 9.17) is 4.74 Å². The molecule has 0 aliphatic heterocycles. The summed E-state index contributed by atoms with van der Waals surface area (Å²) in [6.07, 6.45) is 1.33. The first-order valence-corrected chi connectivity index (χ1v) is 8.42. The number of aromatic amines is 1. The van der Waals surface area contributed by atoms with Crippen molar-refractivity contribution in [3.8, 4) is 17.0 Å². The van der Waals surface area contributed by atoms with Gasteiger partial charge in [-0.25, -0.2) is 0 Å². The number of carbonyl (C=O) groups is 1. The van der Waals surface area contributed by atoms with Crippen LogP contribution in [0.5, 0.6) is 5.75 Å². The molecule has 2 N–H and O–H groups in total. The molecule has 5 nitrogen and oxygen atoms in total. The van der Waals surface area contributed by atoms with Crippen LogP contribution in [0, 0.1) is 11.8 Å². The van der Waals surface area contributed by atoms with Crippen LogP contribution in [0.25, 0.3) is 11.3 Å². The number of methoxy groups -OCH3 is 1. The summed E-state index contributed by atoms with van der Waals surface area (Å²) in [5.41, 5.74) is 3.47. The molecule has 1 aromatic carbocycles. The highest BCUT2D eigenvalue weighted by Gasteiger charge is 2.18. The number of hydrogen-bond donors (Lipinski definition) is 2. The van der Waals surface area contributed by atoms with Crippen LogP contribution in [0.4, 0.5) is 5.69 Å². The number of amides is 1. The summed E-state index contributed by atoms with van der Waals surface area (Å²) in [7, 11) is 1.64. The first-order chi connectivity index (χ1) is 11.4. The minimum atomic E-state index is 0.0196. The van der Waals surface area contributed by atoms with Crippen LogP contribution in [-0.2, 0) is 11.2 Å². The first kappa shape index (κ1) is 18.0. The van der Waals surface area contributed by atoms with Gasteiger partial charge in [-0.05, 0) is 42.5 Å². The molecule has 1 heterocycles. The van der Waals surface area contributed by atoms with E-state index >= 15 is 0 Å². The third-order valence-corrected chi connectivity index (χ3v) is 3.68. The van der Waals surface area contributed by atoms with Crippen LogP contribution in [0.1, 0.15) is 39.8 Å². The first-order valence-electron chi connectivity index (χ1n) is 8.42. The molecular weight excluding hydrogens is 302 g/mol. The van der Waals surface area contributed by atoms with Crippen molar-refractivity contribution >= 4 is 11.6 Å². The van der Waals surface area contributed by atoms with E-state index in [1.165, 1.54) is 0 Å². The number of nitrogens with one attached hydrogen (secondary N) is 2. The Hall–Kier alpha value is -2.30. The van der Waals surface area contributed by atoms with Gasteiger partial charge in [-0.3, -0.25) is 9.89 Å². The molecule has 0 radical (unpaired) electrons. The lowest BCUT2D eigenvalue weighted by atomic mass is 10.0. The van der Waals surface area contributed by atoms with Crippen LogP contribution in [0.2, 0.25) is 0 Å². The number of ether oxygens (including phenoxy) is 1. The molecule has 0 aliphatic rings. The van der Waals surface area contributed by atoms with Crippen molar-refractivity contribution < 1.29 is 9.53 Å². The normalized spacial score (nSPS) is 11.1. The topological polar surface area (TPSA) is 67.0 Å². The molecule has 0 fully saturated rings. The molecule has 1 amide bonds. The number of nitrogens with zero attached hydrogens (tertiary/aromatic N) is 1. The van der Waals surface area contributed by atoms with Gasteiger partial charge in [0.1, 0.15) is 11.4 Å². The Morgan fingerprint density at radius 2 is 1.83 bits per heavy atom. The Morgan fingerprint density at radius 3 is 2.38 bits per heavy atom. The number of aromatic nitrogens is 2. The van der Waals surface area contributed by atoms with E-state index in [0.717, 1.165) is 34.8 Å². The molecule has 24 heavy (non-hydrogen) atoms. The monoisotopic (exact) mass is 329 g/mol. The quantitative estimate of drug-likeness (QED) is 0.797. The third-order valence-electron chi connectivity index (χ3n) is 3.68. The van der Waals surface area contributed by atoms with Gasteiger partial charge >= 0.3 is 0 Å². The second kappa shape index (κ2) is 7.99. The lowest BCUT2D eigenvalue weighted by Gasteiger charge is -2.11. The number of carbonyl (C=O) groups excluding carboxylic acids is 1. The van der Waals surface area contributed by atoms with E-state index in [9.17, 15) is 4.79 Å². The summed E-state index contributed by atoms with van der Waals surface area (Å²) in [6, 6.07) is 7.69. The van der Waals surface area contributed by atoms with Gasteiger partial charge in [0.15, 0.2) is 0 Å². The van der Waals surface area contributed by atoms with Crippen molar-refractivity contribution in [1.82, 2.24) is 10.2 Å². The largest absolute Gasteiger partial charge is 0.497 e. The van der Waals surface area contributed by atoms with Crippen LogP contribution >= 0.6 is 0 Å². The van der Waals surface area contributed by atoms with Gasteiger partial charge in [0.25, 0.3) is 0 Å². The van der Waals surface area contributed by atoms with Gasteiger partial charge in [-0.2, -0.15) is 5.10 Å². The van der Waals surface area contributed by atoms with Crippen LogP contribution in [-0.4, -0.2) is 23.2 Å². The van der Waals surface area contributed by atoms with E-state index in [1.807, 2.05) is 38.1 Å². The van der Waals surface area contributed by atoms with E-state index in [1.54, 1.807) is 7.11 Å². The number of anilines is 1. The zero-order valence-corrected chi connectivity index (χ0v) is 15.1. The van der Waals surface area contributed by atoms with Gasteiger partial charge in [-0.15, -0.1) is 0 Å². The summed E-state index contributed by atoms with van der Waals surface area (Å²) in [5, 5.41) is 10.6. The van der Waals surface area contributed by atoms with Crippen LogP contribution in [0.3, 0.4) is 0 Å². The molecule has 5 heteroatoms. The molecule has 0 saturated carbocycles. The smallest absolute Gasteiger partial charge is 0.224 e. The Morgan fingerprint density at radius 1 is 1.17 bits per heavy atom. The average molecular weight is 329 g/mol. The number of benzene rings is 1. The Labute approximate surface area is 143 Å². The molecule has 0 bridgehead atoms. The molecule has 0 unspecified atom stereocenters. The van der Waals surface area contributed by atoms with Crippen molar-refractivity contribution in [2.24, 2.45) is 11.8 Å². The Bertz CT molecular complexity index is 672. The maximum atomic E-state index is 12.3. The summed E-state index contributed by atoms with van der Waals surface area (Å²) in [6.45, 7) is 8.37. The molecule has 1 aromatic heterocycles. The zero-order valence-electron chi connectivity index (χ0n) is 15.1. The lowest BCUT2D eigenvalue weighted by molar-refractivity contribution is -0.116. The fourth-order valence-electron chi connectivity index (χ4n) is 2.59. The van der Waals surface area contributed by atoms with Gasteiger partial charge < -0.3 is 10.1 Å². The molecule has 0 saturated heterocycles. The summed E-state index contributed by atoms with van der Waals surface area (Å²) >= 11 is 0. The highest BCUT2D eigenvalue weighted by atomic mass is 16.5. The molecule has 2 aromatic rings. The van der Waals surface area contributed by atoms with Gasteiger partial charge in [0.2, 0.25) is 5.91 Å². The van der Waals surface area contributed by atoms with Crippen molar-refractivity contribution in [2.75, 3.05) is 12.4 Å². The number of hydrogen-bond acceptors (Lipinski definition) is 3. The van der Waals surface area contributed by atoms with Crippen molar-refractivity contribution in [2.45, 2.75) is 40.5 Å². The van der Waals surface area contributed by atoms with Crippen molar-refractivity contribution in [3.63, 3.8) is 0 Å². The Balaban J connectivity index is 2.35. The zero-order chi connectivity index (χ0) is 17.7.